The number of rotatable bonds is 5. The van der Waals surface area contributed by atoms with Crippen molar-refractivity contribution in [3.63, 3.8) is 0 Å². The van der Waals surface area contributed by atoms with Crippen LogP contribution < -0.4 is 4.90 Å². The van der Waals surface area contributed by atoms with E-state index < -0.39 is 0 Å². The van der Waals surface area contributed by atoms with Crippen LogP contribution in [-0.4, -0.2) is 0 Å². The SMILES string of the molecule is c1ccc(-c2ccc(N(c3ccccc3)c3ccccc3-c3cccc4c3-c3ccccc3C43CC4CCC3C4)cc2)cc1. The maximum Gasteiger partial charge on any atom is 0.0540 e. The fraction of sp³-hybridized carbons (Fsp3) is 0.163. The highest BCUT2D eigenvalue weighted by Crippen LogP contribution is 2.66. The zero-order chi connectivity index (χ0) is 29.1. The number of para-hydroxylation sites is 2. The van der Waals surface area contributed by atoms with Crippen LogP contribution in [0.3, 0.4) is 0 Å². The summed E-state index contributed by atoms with van der Waals surface area (Å²) in [7, 11) is 0. The molecule has 2 bridgehead atoms. The van der Waals surface area contributed by atoms with Crippen molar-refractivity contribution in [1.82, 2.24) is 0 Å². The molecule has 212 valence electrons. The molecule has 0 saturated heterocycles. The molecular weight excluding hydrogens is 530 g/mol. The monoisotopic (exact) mass is 565 g/mol. The zero-order valence-corrected chi connectivity index (χ0v) is 24.9. The van der Waals surface area contributed by atoms with Gasteiger partial charge in [0.05, 0.1) is 5.69 Å². The van der Waals surface area contributed by atoms with Gasteiger partial charge in [0.15, 0.2) is 0 Å². The van der Waals surface area contributed by atoms with Gasteiger partial charge in [-0.05, 0) is 100 Å². The summed E-state index contributed by atoms with van der Waals surface area (Å²) in [5.41, 5.74) is 14.8. The lowest BCUT2D eigenvalue weighted by atomic mass is 9.66. The Hall–Kier alpha value is -4.88. The molecule has 0 N–H and O–H groups in total. The number of hydrogen-bond acceptors (Lipinski definition) is 1. The van der Waals surface area contributed by atoms with Gasteiger partial charge in [0, 0.05) is 22.4 Å². The summed E-state index contributed by atoms with van der Waals surface area (Å²) in [4.78, 5) is 2.43. The van der Waals surface area contributed by atoms with Crippen LogP contribution >= 0.6 is 0 Å². The minimum absolute atomic E-state index is 0.173. The molecule has 9 rings (SSSR count). The van der Waals surface area contributed by atoms with Crippen LogP contribution in [0.1, 0.15) is 36.8 Å². The Balaban J connectivity index is 1.23. The molecule has 3 unspecified atom stereocenters. The van der Waals surface area contributed by atoms with Crippen molar-refractivity contribution in [2.24, 2.45) is 11.8 Å². The van der Waals surface area contributed by atoms with Crippen molar-refractivity contribution in [2.75, 3.05) is 4.90 Å². The standard InChI is InChI=1S/C43H35N/c1-3-12-31(13-4-1)32-23-26-35(27-24-32)44(34-14-5-2-6-15-34)41-21-10-8-16-36(41)37-18-11-20-40-42(37)38-17-7-9-19-39(38)43(40)29-30-22-25-33(43)28-30/h1-21,23-24,26-27,30,33H,22,25,28-29H2. The Morgan fingerprint density at radius 2 is 1.09 bits per heavy atom. The fourth-order valence-corrected chi connectivity index (χ4v) is 9.00. The molecule has 0 aliphatic heterocycles. The molecule has 0 heterocycles. The summed E-state index contributed by atoms with van der Waals surface area (Å²) in [5, 5.41) is 0. The van der Waals surface area contributed by atoms with E-state index in [4.69, 9.17) is 0 Å². The lowest BCUT2D eigenvalue weighted by Gasteiger charge is -2.36. The van der Waals surface area contributed by atoms with Crippen LogP contribution in [0.25, 0.3) is 33.4 Å². The fourth-order valence-electron chi connectivity index (χ4n) is 9.00. The summed E-state index contributed by atoms with van der Waals surface area (Å²) in [6.45, 7) is 0. The first kappa shape index (κ1) is 25.6. The molecule has 2 saturated carbocycles. The van der Waals surface area contributed by atoms with Crippen molar-refractivity contribution in [3.05, 3.63) is 163 Å². The summed E-state index contributed by atoms with van der Waals surface area (Å²) in [6, 6.07) is 56.0. The van der Waals surface area contributed by atoms with E-state index >= 15 is 0 Å². The topological polar surface area (TPSA) is 3.24 Å². The summed E-state index contributed by atoms with van der Waals surface area (Å²) in [6.07, 6.45) is 5.45. The van der Waals surface area contributed by atoms with Crippen molar-refractivity contribution >= 4 is 17.1 Å². The molecule has 1 nitrogen and oxygen atoms in total. The average molecular weight is 566 g/mol. The van der Waals surface area contributed by atoms with E-state index in [1.807, 2.05) is 0 Å². The van der Waals surface area contributed by atoms with Gasteiger partial charge in [-0.15, -0.1) is 0 Å². The molecule has 1 spiro atoms. The minimum Gasteiger partial charge on any atom is -0.310 e. The van der Waals surface area contributed by atoms with E-state index in [0.717, 1.165) is 23.2 Å². The zero-order valence-electron chi connectivity index (χ0n) is 24.9. The van der Waals surface area contributed by atoms with E-state index in [2.05, 4.69) is 157 Å². The summed E-state index contributed by atoms with van der Waals surface area (Å²) in [5.74, 6) is 1.62. The van der Waals surface area contributed by atoms with E-state index in [-0.39, 0.29) is 5.41 Å². The first-order valence-corrected chi connectivity index (χ1v) is 16.1. The van der Waals surface area contributed by atoms with Crippen LogP contribution in [0, 0.1) is 11.8 Å². The largest absolute Gasteiger partial charge is 0.310 e. The van der Waals surface area contributed by atoms with Crippen LogP contribution in [0.2, 0.25) is 0 Å². The van der Waals surface area contributed by atoms with Crippen molar-refractivity contribution in [3.8, 4) is 33.4 Å². The van der Waals surface area contributed by atoms with Gasteiger partial charge in [-0.2, -0.15) is 0 Å². The highest BCUT2D eigenvalue weighted by Gasteiger charge is 2.57. The molecule has 1 heteroatoms. The van der Waals surface area contributed by atoms with Crippen LogP contribution in [-0.2, 0) is 5.41 Å². The number of anilines is 3. The van der Waals surface area contributed by atoms with Crippen molar-refractivity contribution in [1.29, 1.82) is 0 Å². The number of nitrogens with zero attached hydrogens (tertiary/aromatic N) is 1. The molecule has 3 aliphatic carbocycles. The number of hydrogen-bond donors (Lipinski definition) is 0. The minimum atomic E-state index is 0.173. The maximum atomic E-state index is 2.46. The molecule has 0 radical (unpaired) electrons. The smallest absolute Gasteiger partial charge is 0.0540 e. The molecule has 3 aliphatic rings. The third-order valence-corrected chi connectivity index (χ3v) is 10.8. The van der Waals surface area contributed by atoms with E-state index in [1.165, 1.54) is 64.8 Å². The second kappa shape index (κ2) is 10.1. The quantitative estimate of drug-likeness (QED) is 0.201. The maximum absolute atomic E-state index is 2.46. The van der Waals surface area contributed by atoms with E-state index in [1.54, 1.807) is 11.1 Å². The average Bonchev–Trinajstić information content (AvgIpc) is 3.79. The predicted octanol–water partition coefficient (Wildman–Crippen LogP) is 11.6. The molecule has 2 fully saturated rings. The Labute approximate surface area is 260 Å². The second-order valence-corrected chi connectivity index (χ2v) is 12.9. The van der Waals surface area contributed by atoms with Gasteiger partial charge in [0.25, 0.3) is 0 Å². The molecule has 0 amide bonds. The number of benzene rings is 6. The predicted molar refractivity (Wildman–Crippen MR) is 184 cm³/mol. The van der Waals surface area contributed by atoms with Gasteiger partial charge in [0.1, 0.15) is 0 Å². The van der Waals surface area contributed by atoms with Crippen LogP contribution in [0.15, 0.2) is 152 Å². The third kappa shape index (κ3) is 3.78. The summed E-state index contributed by atoms with van der Waals surface area (Å²) < 4.78 is 0. The van der Waals surface area contributed by atoms with E-state index in [9.17, 15) is 0 Å². The molecule has 0 aromatic heterocycles. The lowest BCUT2D eigenvalue weighted by molar-refractivity contribution is 0.327. The number of fused-ring (bicyclic) bond motifs is 8. The molecule has 6 aromatic carbocycles. The lowest BCUT2D eigenvalue weighted by Crippen LogP contribution is -2.31. The van der Waals surface area contributed by atoms with Gasteiger partial charge in [-0.25, -0.2) is 0 Å². The first-order chi connectivity index (χ1) is 21.8. The molecule has 44 heavy (non-hydrogen) atoms. The third-order valence-electron chi connectivity index (χ3n) is 10.8. The summed E-state index contributed by atoms with van der Waals surface area (Å²) >= 11 is 0. The van der Waals surface area contributed by atoms with Gasteiger partial charge in [-0.1, -0.05) is 128 Å². The van der Waals surface area contributed by atoms with Crippen LogP contribution in [0.5, 0.6) is 0 Å². The van der Waals surface area contributed by atoms with Gasteiger partial charge in [0.2, 0.25) is 0 Å². The van der Waals surface area contributed by atoms with Gasteiger partial charge >= 0.3 is 0 Å². The molecule has 6 aromatic rings. The Bertz CT molecular complexity index is 1970. The Morgan fingerprint density at radius 1 is 0.477 bits per heavy atom. The molecule has 3 atom stereocenters. The Morgan fingerprint density at radius 3 is 1.84 bits per heavy atom. The van der Waals surface area contributed by atoms with E-state index in [0.29, 0.717) is 0 Å². The molecular formula is C43H35N. The van der Waals surface area contributed by atoms with Crippen LogP contribution in [0.4, 0.5) is 17.1 Å². The van der Waals surface area contributed by atoms with Gasteiger partial charge < -0.3 is 4.90 Å². The second-order valence-electron chi connectivity index (χ2n) is 12.9. The van der Waals surface area contributed by atoms with Crippen molar-refractivity contribution < 1.29 is 0 Å². The highest BCUT2D eigenvalue weighted by molar-refractivity contribution is 5.98. The first-order valence-electron chi connectivity index (χ1n) is 16.1. The van der Waals surface area contributed by atoms with Gasteiger partial charge in [-0.3, -0.25) is 0 Å². The van der Waals surface area contributed by atoms with Crippen molar-refractivity contribution in [2.45, 2.75) is 31.1 Å². The Kier molecular flexibility index (Phi) is 5.88. The normalized spacial score (nSPS) is 20.9. The highest BCUT2D eigenvalue weighted by atomic mass is 15.1.